The van der Waals surface area contributed by atoms with Crippen molar-refractivity contribution in [3.8, 4) is 0 Å². The number of ether oxygens (including phenoxy) is 1. The minimum Gasteiger partial charge on any atom is -0.377 e. The van der Waals surface area contributed by atoms with Crippen LogP contribution in [0.3, 0.4) is 0 Å². The molecular weight excluding hydrogens is 228 g/mol. The van der Waals surface area contributed by atoms with Crippen molar-refractivity contribution >= 4 is 5.91 Å². The summed E-state index contributed by atoms with van der Waals surface area (Å²) in [6.07, 6.45) is 3.24. The monoisotopic (exact) mass is 256 g/mol. The molecule has 1 heterocycles. The van der Waals surface area contributed by atoms with Gasteiger partial charge in [0.15, 0.2) is 0 Å². The first-order chi connectivity index (χ1) is 8.52. The third-order valence-corrected chi connectivity index (χ3v) is 3.83. The largest absolute Gasteiger partial charge is 0.377 e. The van der Waals surface area contributed by atoms with Gasteiger partial charge < -0.3 is 15.0 Å². The molecule has 1 saturated heterocycles. The van der Waals surface area contributed by atoms with E-state index in [0.29, 0.717) is 13.2 Å². The molecule has 0 aliphatic carbocycles. The molecule has 0 bridgehead atoms. The van der Waals surface area contributed by atoms with Crippen LogP contribution in [0.2, 0.25) is 0 Å². The van der Waals surface area contributed by atoms with Gasteiger partial charge in [-0.05, 0) is 39.7 Å². The van der Waals surface area contributed by atoms with Gasteiger partial charge in [-0.1, -0.05) is 6.92 Å². The minimum absolute atomic E-state index is 0.190. The van der Waals surface area contributed by atoms with E-state index >= 15 is 0 Å². The Balaban J connectivity index is 2.49. The van der Waals surface area contributed by atoms with Crippen LogP contribution in [0.15, 0.2) is 0 Å². The lowest BCUT2D eigenvalue weighted by Gasteiger charge is -2.38. The van der Waals surface area contributed by atoms with E-state index in [2.05, 4.69) is 12.2 Å². The average Bonchev–Trinajstić information content (AvgIpc) is 2.38. The van der Waals surface area contributed by atoms with Crippen LogP contribution >= 0.6 is 0 Å². The van der Waals surface area contributed by atoms with Crippen LogP contribution in [0.1, 0.15) is 40.0 Å². The van der Waals surface area contributed by atoms with Gasteiger partial charge in [0, 0.05) is 20.1 Å². The molecule has 0 aromatic carbocycles. The van der Waals surface area contributed by atoms with Gasteiger partial charge in [-0.2, -0.15) is 0 Å². The lowest BCUT2D eigenvalue weighted by atomic mass is 9.77. The number of nitrogens with zero attached hydrogens (tertiary/aromatic N) is 1. The molecule has 1 fully saturated rings. The van der Waals surface area contributed by atoms with E-state index in [4.69, 9.17) is 4.74 Å². The van der Waals surface area contributed by atoms with Gasteiger partial charge in [-0.15, -0.1) is 0 Å². The summed E-state index contributed by atoms with van der Waals surface area (Å²) in [5.41, 5.74) is -0.190. The second kappa shape index (κ2) is 7.10. The molecule has 0 spiro atoms. The van der Waals surface area contributed by atoms with Crippen molar-refractivity contribution in [2.75, 3.05) is 33.3 Å². The number of hydrogen-bond acceptors (Lipinski definition) is 3. The average molecular weight is 256 g/mol. The third-order valence-electron chi connectivity index (χ3n) is 3.83. The highest BCUT2D eigenvalue weighted by Gasteiger charge is 2.39. The highest BCUT2D eigenvalue weighted by Crippen LogP contribution is 2.31. The van der Waals surface area contributed by atoms with E-state index in [9.17, 15) is 4.79 Å². The predicted molar refractivity (Wildman–Crippen MR) is 73.6 cm³/mol. The number of carbonyl (C=O) groups is 1. The number of hydrogen-bond donors (Lipinski definition) is 1. The number of piperidine rings is 1. The van der Waals surface area contributed by atoms with Crippen molar-refractivity contribution in [3.63, 3.8) is 0 Å². The third kappa shape index (κ3) is 3.95. The second-order valence-electron chi connectivity index (χ2n) is 5.56. The van der Waals surface area contributed by atoms with E-state index in [-0.39, 0.29) is 17.4 Å². The molecule has 4 nitrogen and oxygen atoms in total. The zero-order valence-corrected chi connectivity index (χ0v) is 12.3. The smallest absolute Gasteiger partial charge is 0.229 e. The number of rotatable bonds is 6. The Labute approximate surface area is 111 Å². The highest BCUT2D eigenvalue weighted by molar-refractivity contribution is 5.82. The summed E-state index contributed by atoms with van der Waals surface area (Å²) in [6.45, 7) is 9.29. The lowest BCUT2D eigenvalue weighted by molar-refractivity contribution is -0.143. The fourth-order valence-corrected chi connectivity index (χ4v) is 2.54. The van der Waals surface area contributed by atoms with Crippen molar-refractivity contribution in [1.29, 1.82) is 0 Å². The Bertz CT molecular complexity index is 261. The molecule has 1 rings (SSSR count). The van der Waals surface area contributed by atoms with Gasteiger partial charge in [0.05, 0.1) is 18.1 Å². The van der Waals surface area contributed by atoms with Crippen LogP contribution in [0.5, 0.6) is 0 Å². The summed E-state index contributed by atoms with van der Waals surface area (Å²) < 4.78 is 5.51. The molecule has 0 radical (unpaired) electrons. The predicted octanol–water partition coefficient (Wildman–Crippen LogP) is 1.65. The Hall–Kier alpha value is -0.610. The molecule has 18 heavy (non-hydrogen) atoms. The normalized spacial score (nSPS) is 24.3. The highest BCUT2D eigenvalue weighted by atomic mass is 16.5. The number of amides is 1. The topological polar surface area (TPSA) is 41.6 Å². The summed E-state index contributed by atoms with van der Waals surface area (Å²) in [5.74, 6) is 0.268. The van der Waals surface area contributed by atoms with Gasteiger partial charge in [-0.25, -0.2) is 0 Å². The molecule has 1 amide bonds. The Morgan fingerprint density at radius 2 is 2.22 bits per heavy atom. The van der Waals surface area contributed by atoms with Crippen molar-refractivity contribution in [2.24, 2.45) is 5.41 Å². The van der Waals surface area contributed by atoms with Gasteiger partial charge >= 0.3 is 0 Å². The fraction of sp³-hybridized carbons (Fsp3) is 0.929. The molecular formula is C14H28N2O2. The van der Waals surface area contributed by atoms with Crippen molar-refractivity contribution in [1.82, 2.24) is 10.2 Å². The molecule has 1 unspecified atom stereocenters. The summed E-state index contributed by atoms with van der Waals surface area (Å²) in [5, 5.41) is 3.36. The second-order valence-corrected chi connectivity index (χ2v) is 5.56. The van der Waals surface area contributed by atoms with Crippen molar-refractivity contribution in [2.45, 2.75) is 46.1 Å². The maximum absolute atomic E-state index is 12.6. The summed E-state index contributed by atoms with van der Waals surface area (Å²) in [4.78, 5) is 14.4. The van der Waals surface area contributed by atoms with E-state index in [1.54, 1.807) is 0 Å². The Morgan fingerprint density at radius 1 is 1.50 bits per heavy atom. The van der Waals surface area contributed by atoms with Crippen LogP contribution in [-0.2, 0) is 9.53 Å². The molecule has 106 valence electrons. The van der Waals surface area contributed by atoms with Crippen LogP contribution in [-0.4, -0.2) is 50.2 Å². The Kier molecular flexibility index (Phi) is 6.09. The van der Waals surface area contributed by atoms with Gasteiger partial charge in [0.1, 0.15) is 0 Å². The standard InChI is InChI=1S/C14H28N2O2/c1-5-14(7-6-8-15-11-14)13(17)16(4)9-10-18-12(2)3/h12,15H,5-11H2,1-4H3. The van der Waals surface area contributed by atoms with E-state index < -0.39 is 0 Å². The van der Waals surface area contributed by atoms with E-state index in [1.807, 2.05) is 25.8 Å². The van der Waals surface area contributed by atoms with Crippen LogP contribution in [0.25, 0.3) is 0 Å². The number of carbonyl (C=O) groups excluding carboxylic acids is 1. The van der Waals surface area contributed by atoms with Gasteiger partial charge in [-0.3, -0.25) is 4.79 Å². The van der Waals surface area contributed by atoms with Crippen LogP contribution in [0.4, 0.5) is 0 Å². The molecule has 1 atom stereocenters. The molecule has 1 aliphatic rings. The quantitative estimate of drug-likeness (QED) is 0.785. The summed E-state index contributed by atoms with van der Waals surface area (Å²) >= 11 is 0. The summed E-state index contributed by atoms with van der Waals surface area (Å²) in [7, 11) is 1.89. The molecule has 0 saturated carbocycles. The summed E-state index contributed by atoms with van der Waals surface area (Å²) in [6, 6.07) is 0. The fourth-order valence-electron chi connectivity index (χ4n) is 2.54. The molecule has 4 heteroatoms. The first-order valence-corrected chi connectivity index (χ1v) is 7.10. The van der Waals surface area contributed by atoms with Crippen molar-refractivity contribution < 1.29 is 9.53 Å². The zero-order valence-electron chi connectivity index (χ0n) is 12.3. The maximum atomic E-state index is 12.6. The Morgan fingerprint density at radius 3 is 2.72 bits per heavy atom. The lowest BCUT2D eigenvalue weighted by Crippen LogP contribution is -2.51. The first kappa shape index (κ1) is 15.4. The maximum Gasteiger partial charge on any atom is 0.229 e. The van der Waals surface area contributed by atoms with Gasteiger partial charge in [0.25, 0.3) is 0 Å². The molecule has 0 aromatic rings. The molecule has 1 aliphatic heterocycles. The minimum atomic E-state index is -0.190. The zero-order chi connectivity index (χ0) is 13.6. The first-order valence-electron chi connectivity index (χ1n) is 7.10. The van der Waals surface area contributed by atoms with E-state index in [1.165, 1.54) is 0 Å². The molecule has 0 aromatic heterocycles. The van der Waals surface area contributed by atoms with Gasteiger partial charge in [0.2, 0.25) is 5.91 Å². The SMILES string of the molecule is CCC1(C(=O)N(C)CCOC(C)C)CCCNC1. The van der Waals surface area contributed by atoms with Crippen LogP contribution in [0, 0.1) is 5.41 Å². The number of nitrogens with one attached hydrogen (secondary N) is 1. The molecule has 1 N–H and O–H groups in total. The van der Waals surface area contributed by atoms with Crippen molar-refractivity contribution in [3.05, 3.63) is 0 Å². The van der Waals surface area contributed by atoms with Crippen LogP contribution < -0.4 is 5.32 Å². The number of likely N-dealkylation sites (N-methyl/N-ethyl adjacent to an activating group) is 1. The van der Waals surface area contributed by atoms with E-state index in [0.717, 1.165) is 32.4 Å².